The van der Waals surface area contributed by atoms with Crippen molar-refractivity contribution in [2.75, 3.05) is 0 Å². The van der Waals surface area contributed by atoms with E-state index in [2.05, 4.69) is 68.2 Å². The van der Waals surface area contributed by atoms with Crippen molar-refractivity contribution >= 4 is 12.3 Å². The number of aromatic nitrogens is 1. The quantitative estimate of drug-likeness (QED) is 0.558. The van der Waals surface area contributed by atoms with Crippen LogP contribution in [0.1, 0.15) is 49.6 Å². The molecule has 1 heterocycles. The first kappa shape index (κ1) is 19.4. The van der Waals surface area contributed by atoms with Gasteiger partial charge in [-0.25, -0.2) is 0 Å². The van der Waals surface area contributed by atoms with E-state index in [1.54, 1.807) is 6.07 Å². The maximum Gasteiger partial charge on any atom is 0.248 e. The summed E-state index contributed by atoms with van der Waals surface area (Å²) in [6.07, 6.45) is 13.4. The number of nitrogens with zero attached hydrogens (tertiary/aromatic N) is 1. The van der Waals surface area contributed by atoms with Gasteiger partial charge in [-0.1, -0.05) is 55.0 Å². The fourth-order valence-corrected chi connectivity index (χ4v) is 4.99. The Morgan fingerprint density at radius 1 is 1.24 bits per heavy atom. The Morgan fingerprint density at radius 2 is 2.07 bits per heavy atom. The molecule has 2 aliphatic rings. The van der Waals surface area contributed by atoms with Gasteiger partial charge in [0, 0.05) is 35.9 Å². The third-order valence-electron chi connectivity index (χ3n) is 6.17. The number of nitrogens with one attached hydrogen (secondary N) is 1. The fraction of sp³-hybridized carbons (Fsp3) is 0.308. The number of hydrogen-bond acceptors (Lipinski definition) is 2. The molecular weight excluding hydrogens is 356 g/mol. The van der Waals surface area contributed by atoms with Crippen LogP contribution >= 0.6 is 0 Å². The molecule has 1 N–H and O–H groups in total. The maximum absolute atomic E-state index is 11.9. The molecule has 3 nitrogen and oxygen atoms in total. The van der Waals surface area contributed by atoms with Crippen LogP contribution in [0.2, 0.25) is 0 Å². The summed E-state index contributed by atoms with van der Waals surface area (Å²) >= 11 is 0. The molecule has 2 atom stereocenters. The Bertz CT molecular complexity index is 1100. The summed E-state index contributed by atoms with van der Waals surface area (Å²) < 4.78 is 0. The highest BCUT2D eigenvalue weighted by molar-refractivity contribution is 5.80. The van der Waals surface area contributed by atoms with Crippen molar-refractivity contribution in [2.45, 2.75) is 45.6 Å². The lowest BCUT2D eigenvalue weighted by molar-refractivity contribution is 0.413. The van der Waals surface area contributed by atoms with Gasteiger partial charge in [0.15, 0.2) is 0 Å². The molecule has 2 aliphatic carbocycles. The molecule has 0 saturated carbocycles. The number of aryl methyl sites for hydroxylation is 1. The summed E-state index contributed by atoms with van der Waals surface area (Å²) in [5, 5.41) is 0. The molecular formula is C26H28N2O. The van der Waals surface area contributed by atoms with E-state index in [0.717, 1.165) is 30.5 Å². The Morgan fingerprint density at radius 3 is 2.86 bits per heavy atom. The molecule has 0 saturated heterocycles. The number of benzene rings is 1. The molecule has 2 aromatic rings. The molecule has 0 amide bonds. The van der Waals surface area contributed by atoms with Gasteiger partial charge in [0.05, 0.1) is 0 Å². The second-order valence-corrected chi connectivity index (χ2v) is 8.01. The first-order valence-corrected chi connectivity index (χ1v) is 10.4. The molecule has 2 bridgehead atoms. The van der Waals surface area contributed by atoms with Crippen molar-refractivity contribution in [1.82, 2.24) is 4.98 Å². The third-order valence-corrected chi connectivity index (χ3v) is 6.17. The lowest BCUT2D eigenvalue weighted by atomic mass is 9.63. The van der Waals surface area contributed by atoms with Crippen molar-refractivity contribution in [1.29, 1.82) is 0 Å². The normalized spacial score (nSPS) is 24.9. The van der Waals surface area contributed by atoms with Gasteiger partial charge in [-0.3, -0.25) is 9.79 Å². The van der Waals surface area contributed by atoms with E-state index in [9.17, 15) is 4.79 Å². The van der Waals surface area contributed by atoms with Gasteiger partial charge >= 0.3 is 0 Å². The fourth-order valence-electron chi connectivity index (χ4n) is 4.99. The van der Waals surface area contributed by atoms with Crippen molar-refractivity contribution in [2.24, 2.45) is 10.9 Å². The van der Waals surface area contributed by atoms with Crippen molar-refractivity contribution in [3.63, 3.8) is 0 Å². The first-order valence-electron chi connectivity index (χ1n) is 10.4. The van der Waals surface area contributed by atoms with E-state index in [-0.39, 0.29) is 5.56 Å². The summed E-state index contributed by atoms with van der Waals surface area (Å²) in [7, 11) is 0. The topological polar surface area (TPSA) is 45.2 Å². The molecule has 0 spiro atoms. The van der Waals surface area contributed by atoms with Crippen LogP contribution in [-0.4, -0.2) is 11.2 Å². The average molecular weight is 385 g/mol. The number of aliphatic imine (C=N–C) groups is 1. The number of H-pyrrole nitrogens is 1. The average Bonchev–Trinajstić information content (AvgIpc) is 2.70. The first-order chi connectivity index (χ1) is 14.1. The van der Waals surface area contributed by atoms with Gasteiger partial charge in [-0.15, -0.1) is 0 Å². The van der Waals surface area contributed by atoms with E-state index in [1.807, 2.05) is 18.4 Å². The largest absolute Gasteiger partial charge is 0.326 e. The van der Waals surface area contributed by atoms with Crippen molar-refractivity contribution in [3.05, 3.63) is 98.5 Å². The zero-order valence-electron chi connectivity index (χ0n) is 17.4. The van der Waals surface area contributed by atoms with Gasteiger partial charge in [0.2, 0.25) is 5.56 Å². The van der Waals surface area contributed by atoms with Crippen LogP contribution in [0.3, 0.4) is 0 Å². The molecule has 0 aliphatic heterocycles. The zero-order chi connectivity index (χ0) is 20.4. The molecule has 1 aromatic carbocycles. The smallest absolute Gasteiger partial charge is 0.248 e. The molecule has 148 valence electrons. The molecule has 1 aromatic heterocycles. The molecule has 0 fully saturated rings. The van der Waals surface area contributed by atoms with Gasteiger partial charge in [0.25, 0.3) is 0 Å². The van der Waals surface area contributed by atoms with Gasteiger partial charge in [-0.2, -0.15) is 0 Å². The predicted molar refractivity (Wildman–Crippen MR) is 121 cm³/mol. The standard InChI is InChI=1S/C26H28N2O/c1-4-19-9-6-7-10-20(19)11-8-14-27-26-17-18(3)15-21(22(26)5-2)16-24-23(26)12-13-25(29)28-24/h5-15,21H,4,16-17H2,1-3H3,(H,28,29)/b11-8+,22-5+,27-14?/t21-,26+/m0/s1. The van der Waals surface area contributed by atoms with Crippen molar-refractivity contribution < 1.29 is 0 Å². The highest BCUT2D eigenvalue weighted by Crippen LogP contribution is 2.51. The van der Waals surface area contributed by atoms with Crippen LogP contribution in [0, 0.1) is 5.92 Å². The monoisotopic (exact) mass is 384 g/mol. The number of rotatable bonds is 4. The van der Waals surface area contributed by atoms with Crippen LogP contribution in [0.25, 0.3) is 6.08 Å². The third kappa shape index (κ3) is 3.46. The summed E-state index contributed by atoms with van der Waals surface area (Å²) in [6, 6.07) is 12.1. The Hall–Kier alpha value is -2.94. The summed E-state index contributed by atoms with van der Waals surface area (Å²) in [5.74, 6) is 0.293. The van der Waals surface area contributed by atoms with E-state index < -0.39 is 5.54 Å². The molecule has 4 rings (SSSR count). The van der Waals surface area contributed by atoms with Gasteiger partial charge in [0.1, 0.15) is 5.54 Å². The van der Waals surface area contributed by atoms with E-state index >= 15 is 0 Å². The Balaban J connectivity index is 1.77. The second kappa shape index (κ2) is 7.82. The molecule has 0 unspecified atom stereocenters. The van der Waals surface area contributed by atoms with E-state index in [4.69, 9.17) is 4.99 Å². The number of hydrogen-bond donors (Lipinski definition) is 1. The minimum absolute atomic E-state index is 0.0401. The second-order valence-electron chi connectivity index (χ2n) is 8.01. The minimum Gasteiger partial charge on any atom is -0.326 e. The minimum atomic E-state index is -0.426. The highest BCUT2D eigenvalue weighted by Gasteiger charge is 2.46. The number of allylic oxidation sites excluding steroid dienone is 3. The van der Waals surface area contributed by atoms with Crippen LogP contribution in [-0.2, 0) is 18.4 Å². The zero-order valence-corrected chi connectivity index (χ0v) is 17.4. The summed E-state index contributed by atoms with van der Waals surface area (Å²) in [5.41, 5.74) is 6.95. The van der Waals surface area contributed by atoms with Gasteiger partial charge in [-0.05, 0) is 55.5 Å². The number of aromatic amines is 1. The highest BCUT2D eigenvalue weighted by atomic mass is 16.1. The predicted octanol–water partition coefficient (Wildman–Crippen LogP) is 5.39. The Kier molecular flexibility index (Phi) is 5.23. The lowest BCUT2D eigenvalue weighted by Crippen LogP contribution is -2.40. The van der Waals surface area contributed by atoms with E-state index in [1.165, 1.54) is 22.3 Å². The molecule has 0 radical (unpaired) electrons. The summed E-state index contributed by atoms with van der Waals surface area (Å²) in [4.78, 5) is 20.1. The number of fused-ring (bicyclic) bond motifs is 4. The number of pyridine rings is 1. The van der Waals surface area contributed by atoms with Crippen LogP contribution < -0.4 is 5.56 Å². The van der Waals surface area contributed by atoms with Crippen LogP contribution in [0.4, 0.5) is 0 Å². The van der Waals surface area contributed by atoms with Crippen LogP contribution in [0.5, 0.6) is 0 Å². The van der Waals surface area contributed by atoms with E-state index in [0.29, 0.717) is 5.92 Å². The molecule has 3 heteroatoms. The molecule has 29 heavy (non-hydrogen) atoms. The summed E-state index contributed by atoms with van der Waals surface area (Å²) in [6.45, 7) is 6.47. The van der Waals surface area contributed by atoms with Crippen molar-refractivity contribution in [3.8, 4) is 0 Å². The van der Waals surface area contributed by atoms with Gasteiger partial charge < -0.3 is 4.98 Å². The Labute approximate surface area is 172 Å². The van der Waals surface area contributed by atoms with Crippen LogP contribution in [0.15, 0.2) is 75.6 Å². The SMILES string of the molecule is C/C=C1\[C@H]2C=C(C)C[C@]1(N=C/C=C/c1ccccc1CC)c1ccc(=O)[nH]c1C2. The lowest BCUT2D eigenvalue weighted by Gasteiger charge is -2.45. The maximum atomic E-state index is 11.9.